The molecule has 1 aliphatic carbocycles. The monoisotopic (exact) mass is 275 g/mol. The summed E-state index contributed by atoms with van der Waals surface area (Å²) in [5.41, 5.74) is 1.36. The van der Waals surface area contributed by atoms with Crippen LogP contribution in [0.5, 0.6) is 0 Å². The Bertz CT molecular complexity index is 388. The Balaban J connectivity index is 1.38. The fourth-order valence-electron chi connectivity index (χ4n) is 2.85. The summed E-state index contributed by atoms with van der Waals surface area (Å²) >= 11 is 2.04. The second-order valence-corrected chi connectivity index (χ2v) is 7.40. The zero-order valence-electron chi connectivity index (χ0n) is 12.0. The summed E-state index contributed by atoms with van der Waals surface area (Å²) in [6.07, 6.45) is 5.80. The molecule has 0 N–H and O–H groups in total. The van der Waals surface area contributed by atoms with Gasteiger partial charge in [-0.05, 0) is 69.7 Å². The average Bonchev–Trinajstić information content (AvgIpc) is 3.24. The third-order valence-corrected chi connectivity index (χ3v) is 5.67. The smallest absolute Gasteiger partial charge is 0.00722 e. The Morgan fingerprint density at radius 3 is 2.32 bits per heavy atom. The summed E-state index contributed by atoms with van der Waals surface area (Å²) in [5, 5.41) is 0. The van der Waals surface area contributed by atoms with Gasteiger partial charge >= 0.3 is 0 Å². The predicted octanol–water partition coefficient (Wildman–Crippen LogP) is 4.21. The minimum absolute atomic E-state index is 0.932. The molecule has 1 saturated carbocycles. The molecule has 0 unspecified atom stereocenters. The molecule has 1 aromatic carbocycles. The van der Waals surface area contributed by atoms with Gasteiger partial charge < -0.3 is 4.90 Å². The summed E-state index contributed by atoms with van der Waals surface area (Å²) in [7, 11) is 0. The molecule has 19 heavy (non-hydrogen) atoms. The van der Waals surface area contributed by atoms with Gasteiger partial charge in [-0.3, -0.25) is 0 Å². The molecule has 1 aliphatic heterocycles. The Morgan fingerprint density at radius 1 is 1.00 bits per heavy atom. The van der Waals surface area contributed by atoms with Crippen LogP contribution in [0.4, 0.5) is 0 Å². The molecule has 0 aromatic heterocycles. The van der Waals surface area contributed by atoms with Crippen molar-refractivity contribution in [1.82, 2.24) is 4.90 Å². The van der Waals surface area contributed by atoms with Crippen LogP contribution in [0.2, 0.25) is 0 Å². The lowest BCUT2D eigenvalue weighted by Crippen LogP contribution is -2.35. The molecular weight excluding hydrogens is 250 g/mol. The lowest BCUT2D eigenvalue weighted by atomic mass is 9.99. The minimum atomic E-state index is 0.932. The van der Waals surface area contributed by atoms with E-state index in [0.717, 1.165) is 11.8 Å². The Hall–Kier alpha value is -0.470. The molecule has 2 fully saturated rings. The quantitative estimate of drug-likeness (QED) is 0.741. The molecule has 1 nitrogen and oxygen atoms in total. The van der Waals surface area contributed by atoms with Crippen LogP contribution in [0.25, 0.3) is 0 Å². The van der Waals surface area contributed by atoms with E-state index in [1.807, 2.05) is 11.8 Å². The molecule has 2 heteroatoms. The zero-order chi connectivity index (χ0) is 13.1. The first kappa shape index (κ1) is 13.5. The van der Waals surface area contributed by atoms with Crippen molar-refractivity contribution in [2.24, 2.45) is 11.8 Å². The van der Waals surface area contributed by atoms with E-state index < -0.39 is 0 Å². The largest absolute Gasteiger partial charge is 0.303 e. The Kier molecular flexibility index (Phi) is 4.49. The average molecular weight is 275 g/mol. The second kappa shape index (κ2) is 6.32. The van der Waals surface area contributed by atoms with Gasteiger partial charge in [-0.15, -0.1) is 11.8 Å². The molecule has 0 spiro atoms. The number of rotatable bonds is 5. The Morgan fingerprint density at radius 2 is 1.68 bits per heavy atom. The molecule has 0 radical (unpaired) electrons. The number of thioether (sulfide) groups is 1. The van der Waals surface area contributed by atoms with Crippen molar-refractivity contribution in [2.75, 3.05) is 25.4 Å². The van der Waals surface area contributed by atoms with Crippen LogP contribution in [-0.2, 0) is 0 Å². The maximum absolute atomic E-state index is 2.70. The molecule has 0 amide bonds. The molecule has 0 atom stereocenters. The van der Waals surface area contributed by atoms with Crippen molar-refractivity contribution in [3.8, 4) is 0 Å². The molecule has 2 aliphatic rings. The van der Waals surface area contributed by atoms with Crippen molar-refractivity contribution in [3.05, 3.63) is 29.8 Å². The highest BCUT2D eigenvalue weighted by atomic mass is 32.2. The number of aryl methyl sites for hydroxylation is 1. The van der Waals surface area contributed by atoms with Crippen LogP contribution in [0.1, 0.15) is 31.2 Å². The van der Waals surface area contributed by atoms with Gasteiger partial charge in [0.15, 0.2) is 0 Å². The first-order valence-electron chi connectivity index (χ1n) is 7.71. The number of hydrogen-bond donors (Lipinski definition) is 0. The zero-order valence-corrected chi connectivity index (χ0v) is 12.8. The van der Waals surface area contributed by atoms with Crippen molar-refractivity contribution in [2.45, 2.75) is 37.5 Å². The van der Waals surface area contributed by atoms with E-state index >= 15 is 0 Å². The number of piperidine rings is 1. The van der Waals surface area contributed by atoms with Crippen molar-refractivity contribution >= 4 is 11.8 Å². The van der Waals surface area contributed by atoms with Gasteiger partial charge in [0.25, 0.3) is 0 Å². The van der Waals surface area contributed by atoms with E-state index in [1.165, 1.54) is 61.5 Å². The van der Waals surface area contributed by atoms with E-state index in [2.05, 4.69) is 36.1 Å². The van der Waals surface area contributed by atoms with Crippen LogP contribution in [-0.4, -0.2) is 30.3 Å². The summed E-state index contributed by atoms with van der Waals surface area (Å²) < 4.78 is 0. The number of nitrogens with zero attached hydrogens (tertiary/aromatic N) is 1. The van der Waals surface area contributed by atoms with Gasteiger partial charge in [-0.1, -0.05) is 17.7 Å². The lowest BCUT2D eigenvalue weighted by molar-refractivity contribution is 0.187. The maximum Gasteiger partial charge on any atom is 0.00722 e. The van der Waals surface area contributed by atoms with Crippen LogP contribution in [0.15, 0.2) is 29.2 Å². The number of benzene rings is 1. The number of likely N-dealkylation sites (tertiary alicyclic amines) is 1. The van der Waals surface area contributed by atoms with Gasteiger partial charge in [-0.2, -0.15) is 0 Å². The fraction of sp³-hybridized carbons (Fsp3) is 0.647. The minimum Gasteiger partial charge on any atom is -0.303 e. The van der Waals surface area contributed by atoms with Gasteiger partial charge in [0.2, 0.25) is 0 Å². The first-order chi connectivity index (χ1) is 9.29. The normalized spacial score (nSPS) is 21.7. The fourth-order valence-corrected chi connectivity index (χ4v) is 3.94. The van der Waals surface area contributed by atoms with E-state index in [4.69, 9.17) is 0 Å². The van der Waals surface area contributed by atoms with E-state index in [-0.39, 0.29) is 0 Å². The highest BCUT2D eigenvalue weighted by molar-refractivity contribution is 7.99. The summed E-state index contributed by atoms with van der Waals surface area (Å²) in [4.78, 5) is 4.14. The predicted molar refractivity (Wildman–Crippen MR) is 83.8 cm³/mol. The molecule has 3 rings (SSSR count). The highest BCUT2D eigenvalue weighted by Crippen LogP contribution is 2.32. The number of hydrogen-bond acceptors (Lipinski definition) is 2. The molecule has 1 heterocycles. The topological polar surface area (TPSA) is 3.24 Å². The van der Waals surface area contributed by atoms with Crippen LogP contribution >= 0.6 is 11.8 Å². The maximum atomic E-state index is 2.70. The van der Waals surface area contributed by atoms with E-state index in [0.29, 0.717) is 0 Å². The van der Waals surface area contributed by atoms with Gasteiger partial charge in [0.05, 0.1) is 0 Å². The summed E-state index contributed by atoms with van der Waals surface area (Å²) in [6, 6.07) is 8.98. The van der Waals surface area contributed by atoms with Gasteiger partial charge in [0.1, 0.15) is 0 Å². The van der Waals surface area contributed by atoms with E-state index in [1.54, 1.807) is 0 Å². The van der Waals surface area contributed by atoms with Gasteiger partial charge in [-0.25, -0.2) is 0 Å². The van der Waals surface area contributed by atoms with Crippen molar-refractivity contribution in [1.29, 1.82) is 0 Å². The Labute approximate surface area is 121 Å². The van der Waals surface area contributed by atoms with Crippen molar-refractivity contribution in [3.63, 3.8) is 0 Å². The molecule has 1 aromatic rings. The molecular formula is C17H25NS. The third kappa shape index (κ3) is 4.25. The lowest BCUT2D eigenvalue weighted by Gasteiger charge is -2.31. The second-order valence-electron chi connectivity index (χ2n) is 6.31. The summed E-state index contributed by atoms with van der Waals surface area (Å²) in [5.74, 6) is 3.29. The van der Waals surface area contributed by atoms with Crippen molar-refractivity contribution < 1.29 is 0 Å². The first-order valence-corrected chi connectivity index (χ1v) is 8.70. The van der Waals surface area contributed by atoms with Crippen LogP contribution in [0, 0.1) is 18.8 Å². The van der Waals surface area contributed by atoms with Gasteiger partial charge in [0, 0.05) is 17.2 Å². The van der Waals surface area contributed by atoms with Crippen LogP contribution < -0.4 is 0 Å². The SMILES string of the molecule is Cc1ccc(SCC2CCN(CC3CC3)CC2)cc1. The molecule has 1 saturated heterocycles. The van der Waals surface area contributed by atoms with Crippen LogP contribution in [0.3, 0.4) is 0 Å². The third-order valence-electron chi connectivity index (χ3n) is 4.43. The van der Waals surface area contributed by atoms with E-state index in [9.17, 15) is 0 Å². The highest BCUT2D eigenvalue weighted by Gasteiger charge is 2.26. The standard InChI is InChI=1S/C17H25NS/c1-14-2-6-17(7-3-14)19-13-16-8-10-18(11-9-16)12-15-4-5-15/h2-3,6-7,15-16H,4-5,8-13H2,1H3. The molecule has 0 bridgehead atoms. The summed E-state index contributed by atoms with van der Waals surface area (Å²) in [6.45, 7) is 6.23. The molecule has 104 valence electrons.